The third kappa shape index (κ3) is 4.74. The normalized spacial score (nSPS) is 15.8. The summed E-state index contributed by atoms with van der Waals surface area (Å²) in [6.45, 7) is 1.76. The first-order valence-corrected chi connectivity index (χ1v) is 9.67. The summed E-state index contributed by atoms with van der Waals surface area (Å²) < 4.78 is 0. The van der Waals surface area contributed by atoms with E-state index < -0.39 is 0 Å². The molecule has 1 fully saturated rings. The number of hydrogen-bond donors (Lipinski definition) is 1. The molecule has 1 saturated heterocycles. The zero-order chi connectivity index (χ0) is 16.8. The zero-order valence-corrected chi connectivity index (χ0v) is 15.1. The van der Waals surface area contributed by atoms with Gasteiger partial charge in [0.15, 0.2) is 5.82 Å². The fraction of sp³-hybridized carbons (Fsp3) is 0.471. The molecule has 0 saturated carbocycles. The molecule has 0 unspecified atom stereocenters. The van der Waals surface area contributed by atoms with Crippen LogP contribution in [0.3, 0.4) is 0 Å². The summed E-state index contributed by atoms with van der Waals surface area (Å²) >= 11 is 7.27. The van der Waals surface area contributed by atoms with Crippen LogP contribution in [-0.4, -0.2) is 44.8 Å². The number of H-pyrrole nitrogens is 1. The van der Waals surface area contributed by atoms with Gasteiger partial charge in [-0.3, -0.25) is 9.89 Å². The molecule has 1 aromatic carbocycles. The third-order valence-corrected chi connectivity index (χ3v) is 5.20. The van der Waals surface area contributed by atoms with Crippen molar-refractivity contribution in [2.24, 2.45) is 0 Å². The van der Waals surface area contributed by atoms with E-state index in [-0.39, 0.29) is 5.91 Å². The summed E-state index contributed by atoms with van der Waals surface area (Å²) in [7, 11) is 0. The van der Waals surface area contributed by atoms with Gasteiger partial charge in [0.25, 0.3) is 0 Å². The first kappa shape index (κ1) is 17.3. The molecule has 1 aromatic heterocycles. The number of likely N-dealkylation sites (tertiary alicyclic amines) is 1. The van der Waals surface area contributed by atoms with E-state index >= 15 is 0 Å². The number of aromatic amines is 1. The average molecular weight is 365 g/mol. The molecule has 0 spiro atoms. The Kier molecular flexibility index (Phi) is 6.15. The second-order valence-electron chi connectivity index (χ2n) is 5.91. The lowest BCUT2D eigenvalue weighted by molar-refractivity contribution is -0.128. The van der Waals surface area contributed by atoms with Gasteiger partial charge in [0.2, 0.25) is 11.1 Å². The summed E-state index contributed by atoms with van der Waals surface area (Å²) in [5.41, 5.74) is 0.925. The Bertz CT molecular complexity index is 665. The van der Waals surface area contributed by atoms with Crippen LogP contribution in [0.2, 0.25) is 5.02 Å². The van der Waals surface area contributed by atoms with Crippen LogP contribution in [0.15, 0.2) is 29.4 Å². The van der Waals surface area contributed by atoms with Crippen LogP contribution in [-0.2, 0) is 4.79 Å². The van der Waals surface area contributed by atoms with Crippen molar-refractivity contribution in [3.8, 4) is 11.4 Å². The van der Waals surface area contributed by atoms with Gasteiger partial charge >= 0.3 is 0 Å². The lowest BCUT2D eigenvalue weighted by Gasteiger charge is -2.24. The molecule has 1 aliphatic heterocycles. The Morgan fingerprint density at radius 1 is 1.12 bits per heavy atom. The van der Waals surface area contributed by atoms with E-state index in [2.05, 4.69) is 15.2 Å². The van der Waals surface area contributed by atoms with Crippen LogP contribution in [0.25, 0.3) is 11.4 Å². The third-order valence-electron chi connectivity index (χ3n) is 4.12. The minimum absolute atomic E-state index is 0.180. The van der Waals surface area contributed by atoms with Crippen molar-refractivity contribution in [1.82, 2.24) is 20.1 Å². The summed E-state index contributed by atoms with van der Waals surface area (Å²) in [5.74, 6) is 1.25. The smallest absolute Gasteiger partial charge is 0.233 e. The maximum atomic E-state index is 12.4. The molecular weight excluding hydrogens is 344 g/mol. The summed E-state index contributed by atoms with van der Waals surface area (Å²) in [5, 5.41) is 8.39. The Morgan fingerprint density at radius 2 is 1.79 bits per heavy atom. The Balaban J connectivity index is 1.54. The Morgan fingerprint density at radius 3 is 2.50 bits per heavy atom. The SMILES string of the molecule is O=C(CSc1n[nH]c(-c2ccc(Cl)cc2)n1)N1CCCCCCC1. The highest BCUT2D eigenvalue weighted by atomic mass is 35.5. The predicted molar refractivity (Wildman–Crippen MR) is 97.2 cm³/mol. The molecule has 0 atom stereocenters. The van der Waals surface area contributed by atoms with Gasteiger partial charge in [-0.25, -0.2) is 4.98 Å². The molecule has 128 valence electrons. The number of nitrogens with one attached hydrogen (secondary N) is 1. The molecular formula is C17H21ClN4OS. The van der Waals surface area contributed by atoms with Crippen LogP contribution >= 0.6 is 23.4 Å². The first-order valence-electron chi connectivity index (χ1n) is 8.31. The Hall–Kier alpha value is -1.53. The quantitative estimate of drug-likeness (QED) is 0.832. The molecule has 1 amide bonds. The van der Waals surface area contributed by atoms with Crippen LogP contribution < -0.4 is 0 Å². The topological polar surface area (TPSA) is 61.9 Å². The second-order valence-corrected chi connectivity index (χ2v) is 7.29. The van der Waals surface area contributed by atoms with Crippen LogP contribution in [0.1, 0.15) is 32.1 Å². The summed E-state index contributed by atoms with van der Waals surface area (Å²) in [4.78, 5) is 18.8. The predicted octanol–water partition coefficient (Wildman–Crippen LogP) is 4.01. The summed E-state index contributed by atoms with van der Waals surface area (Å²) in [6, 6.07) is 7.42. The highest BCUT2D eigenvalue weighted by Gasteiger charge is 2.16. The molecule has 3 rings (SSSR count). The Labute approximate surface area is 151 Å². The van der Waals surface area contributed by atoms with Crippen LogP contribution in [0.4, 0.5) is 0 Å². The largest absolute Gasteiger partial charge is 0.342 e. The molecule has 1 aliphatic rings. The van der Waals surface area contributed by atoms with Gasteiger partial charge in [-0.15, -0.1) is 5.10 Å². The van der Waals surface area contributed by atoms with E-state index in [1.54, 1.807) is 0 Å². The fourth-order valence-corrected chi connectivity index (χ4v) is 3.59. The number of thioether (sulfide) groups is 1. The zero-order valence-electron chi connectivity index (χ0n) is 13.5. The van der Waals surface area contributed by atoms with Crippen molar-refractivity contribution >= 4 is 29.3 Å². The van der Waals surface area contributed by atoms with Gasteiger partial charge < -0.3 is 4.90 Å². The molecule has 7 heteroatoms. The highest BCUT2D eigenvalue weighted by molar-refractivity contribution is 7.99. The van der Waals surface area contributed by atoms with Gasteiger partial charge in [0.05, 0.1) is 5.75 Å². The molecule has 0 bridgehead atoms. The molecule has 5 nitrogen and oxygen atoms in total. The lowest BCUT2D eigenvalue weighted by Crippen LogP contribution is -2.35. The number of rotatable bonds is 4. The minimum Gasteiger partial charge on any atom is -0.342 e. The number of carbonyl (C=O) groups is 1. The lowest BCUT2D eigenvalue weighted by atomic mass is 10.1. The number of hydrogen-bond acceptors (Lipinski definition) is 4. The van der Waals surface area contributed by atoms with Crippen molar-refractivity contribution in [3.05, 3.63) is 29.3 Å². The number of aromatic nitrogens is 3. The maximum Gasteiger partial charge on any atom is 0.233 e. The number of halogens is 1. The molecule has 0 radical (unpaired) electrons. The van der Waals surface area contributed by atoms with E-state index in [9.17, 15) is 4.79 Å². The number of nitrogens with zero attached hydrogens (tertiary/aromatic N) is 3. The molecule has 0 aliphatic carbocycles. The monoisotopic (exact) mass is 364 g/mol. The number of benzene rings is 1. The van der Waals surface area contributed by atoms with Crippen molar-refractivity contribution in [2.45, 2.75) is 37.3 Å². The van der Waals surface area contributed by atoms with Crippen LogP contribution in [0, 0.1) is 0 Å². The number of amides is 1. The van der Waals surface area contributed by atoms with Gasteiger partial charge in [0, 0.05) is 23.7 Å². The van der Waals surface area contributed by atoms with Crippen molar-refractivity contribution in [3.63, 3.8) is 0 Å². The van der Waals surface area contributed by atoms with Crippen LogP contribution in [0.5, 0.6) is 0 Å². The van der Waals surface area contributed by atoms with E-state index in [0.29, 0.717) is 21.8 Å². The summed E-state index contributed by atoms with van der Waals surface area (Å²) in [6.07, 6.45) is 5.96. The van der Waals surface area contributed by atoms with Crippen molar-refractivity contribution in [2.75, 3.05) is 18.8 Å². The van der Waals surface area contributed by atoms with E-state index in [4.69, 9.17) is 11.6 Å². The maximum absolute atomic E-state index is 12.4. The average Bonchev–Trinajstić information content (AvgIpc) is 3.02. The second kappa shape index (κ2) is 8.53. The molecule has 2 heterocycles. The molecule has 2 aromatic rings. The van der Waals surface area contributed by atoms with E-state index in [1.807, 2.05) is 29.2 Å². The first-order chi connectivity index (χ1) is 11.7. The molecule has 24 heavy (non-hydrogen) atoms. The van der Waals surface area contributed by atoms with Crippen molar-refractivity contribution in [1.29, 1.82) is 0 Å². The standard InChI is InChI=1S/C17H21ClN4OS/c18-14-8-6-13(7-9-14)16-19-17(21-20-16)24-12-15(23)22-10-4-2-1-3-5-11-22/h6-9H,1-5,10-12H2,(H,19,20,21). The van der Waals surface area contributed by atoms with Gasteiger partial charge in [0.1, 0.15) is 0 Å². The van der Waals surface area contributed by atoms with Gasteiger partial charge in [-0.1, -0.05) is 42.6 Å². The van der Waals surface area contributed by atoms with Crippen molar-refractivity contribution < 1.29 is 4.79 Å². The fourth-order valence-electron chi connectivity index (χ4n) is 2.76. The number of carbonyl (C=O) groups excluding carboxylic acids is 1. The van der Waals surface area contributed by atoms with Gasteiger partial charge in [-0.05, 0) is 37.1 Å². The van der Waals surface area contributed by atoms with E-state index in [1.165, 1.54) is 31.0 Å². The minimum atomic E-state index is 0.180. The van der Waals surface area contributed by atoms with Gasteiger partial charge in [-0.2, -0.15) is 0 Å². The molecule has 1 N–H and O–H groups in total. The highest BCUT2D eigenvalue weighted by Crippen LogP contribution is 2.21. The van der Waals surface area contributed by atoms with E-state index in [0.717, 1.165) is 31.5 Å².